The van der Waals surface area contributed by atoms with Gasteiger partial charge in [0.2, 0.25) is 0 Å². The molecule has 176 valence electrons. The summed E-state index contributed by atoms with van der Waals surface area (Å²) < 4.78 is 23.3. The molecular weight excluding hydrogens is 482 g/mol. The Morgan fingerprint density at radius 2 is 1.79 bits per heavy atom. The van der Waals surface area contributed by atoms with Gasteiger partial charge in [0.1, 0.15) is 4.32 Å². The molecule has 0 N–H and O–H groups in total. The van der Waals surface area contributed by atoms with E-state index < -0.39 is 0 Å². The standard InChI is InChI=1S/C24H26ClNO5S2/c1-4-26-23(27)21(33-24(26)32)15-16-13-17(25)22(20(14-16)29-5-2)31-12-8-11-30-19-10-7-6-9-18(19)28-3/h6-7,9-10,13-15H,4-5,8,11-12H2,1-3H3. The lowest BCUT2D eigenvalue weighted by Gasteiger charge is -2.15. The Labute approximate surface area is 208 Å². The fraction of sp³-hybridized carbons (Fsp3) is 0.333. The molecule has 0 bridgehead atoms. The predicted molar refractivity (Wildman–Crippen MR) is 137 cm³/mol. The third-order valence-corrected chi connectivity index (χ3v) is 6.34. The van der Waals surface area contributed by atoms with Crippen LogP contribution in [-0.2, 0) is 4.79 Å². The number of methoxy groups -OCH3 is 1. The first-order valence-electron chi connectivity index (χ1n) is 10.6. The number of hydrogen-bond donors (Lipinski definition) is 0. The van der Waals surface area contributed by atoms with Crippen molar-refractivity contribution in [3.05, 3.63) is 51.9 Å². The lowest BCUT2D eigenvalue weighted by molar-refractivity contribution is -0.121. The monoisotopic (exact) mass is 507 g/mol. The summed E-state index contributed by atoms with van der Waals surface area (Å²) >= 11 is 13.1. The topological polar surface area (TPSA) is 57.2 Å². The normalized spacial score (nSPS) is 14.7. The molecule has 0 radical (unpaired) electrons. The summed E-state index contributed by atoms with van der Waals surface area (Å²) in [6, 6.07) is 11.1. The van der Waals surface area contributed by atoms with Crippen molar-refractivity contribution in [1.29, 1.82) is 0 Å². The molecule has 1 saturated heterocycles. The number of halogens is 1. The van der Waals surface area contributed by atoms with Gasteiger partial charge in [-0.3, -0.25) is 9.69 Å². The SMILES string of the molecule is CCOc1cc(C=C2SC(=S)N(CC)C2=O)cc(Cl)c1OCCCOc1ccccc1OC. The molecule has 3 rings (SSSR count). The molecule has 1 amide bonds. The average molecular weight is 508 g/mol. The van der Waals surface area contributed by atoms with Crippen LogP contribution in [0, 0.1) is 0 Å². The Bertz CT molecular complexity index is 1040. The summed E-state index contributed by atoms with van der Waals surface area (Å²) in [6.45, 7) is 5.62. The minimum absolute atomic E-state index is 0.100. The number of carbonyl (C=O) groups excluding carboxylic acids is 1. The van der Waals surface area contributed by atoms with Gasteiger partial charge in [0, 0.05) is 13.0 Å². The van der Waals surface area contributed by atoms with E-state index in [1.165, 1.54) is 11.8 Å². The second-order valence-corrected chi connectivity index (χ2v) is 8.97. The molecule has 33 heavy (non-hydrogen) atoms. The molecule has 9 heteroatoms. The summed E-state index contributed by atoms with van der Waals surface area (Å²) in [4.78, 5) is 14.6. The number of thioether (sulfide) groups is 1. The lowest BCUT2D eigenvalue weighted by atomic mass is 10.1. The van der Waals surface area contributed by atoms with Crippen molar-refractivity contribution in [3.8, 4) is 23.0 Å². The van der Waals surface area contributed by atoms with E-state index in [2.05, 4.69) is 0 Å². The second-order valence-electron chi connectivity index (χ2n) is 6.89. The van der Waals surface area contributed by atoms with E-state index in [0.717, 1.165) is 5.56 Å². The van der Waals surface area contributed by atoms with Crippen LogP contribution in [0.3, 0.4) is 0 Å². The van der Waals surface area contributed by atoms with Crippen molar-refractivity contribution in [1.82, 2.24) is 4.90 Å². The fourth-order valence-electron chi connectivity index (χ4n) is 3.15. The van der Waals surface area contributed by atoms with E-state index in [1.807, 2.05) is 44.2 Å². The van der Waals surface area contributed by atoms with Crippen LogP contribution in [0.2, 0.25) is 5.02 Å². The van der Waals surface area contributed by atoms with E-state index >= 15 is 0 Å². The second kappa shape index (κ2) is 12.2. The van der Waals surface area contributed by atoms with Crippen LogP contribution < -0.4 is 18.9 Å². The molecular formula is C24H26ClNO5S2. The van der Waals surface area contributed by atoms with E-state index in [0.29, 0.717) is 70.0 Å². The maximum Gasteiger partial charge on any atom is 0.266 e. The number of rotatable bonds is 11. The molecule has 1 aliphatic heterocycles. The van der Waals surface area contributed by atoms with Gasteiger partial charge in [0.25, 0.3) is 5.91 Å². The van der Waals surface area contributed by atoms with Gasteiger partial charge < -0.3 is 18.9 Å². The maximum atomic E-state index is 12.5. The predicted octanol–water partition coefficient (Wildman–Crippen LogP) is 5.82. The minimum Gasteiger partial charge on any atom is -0.493 e. The Morgan fingerprint density at radius 3 is 2.45 bits per heavy atom. The first-order valence-corrected chi connectivity index (χ1v) is 12.2. The highest BCUT2D eigenvalue weighted by Gasteiger charge is 2.30. The van der Waals surface area contributed by atoms with E-state index in [1.54, 1.807) is 24.2 Å². The van der Waals surface area contributed by atoms with Gasteiger partial charge in [-0.05, 0) is 49.8 Å². The van der Waals surface area contributed by atoms with Gasteiger partial charge in [-0.2, -0.15) is 0 Å². The van der Waals surface area contributed by atoms with Gasteiger partial charge in [-0.15, -0.1) is 0 Å². The fourth-order valence-corrected chi connectivity index (χ4v) is 4.81. The molecule has 0 atom stereocenters. The zero-order valence-electron chi connectivity index (χ0n) is 18.8. The first kappa shape index (κ1) is 25.2. The molecule has 0 spiro atoms. The Morgan fingerprint density at radius 1 is 1.06 bits per heavy atom. The van der Waals surface area contributed by atoms with Crippen LogP contribution in [0.5, 0.6) is 23.0 Å². The summed E-state index contributed by atoms with van der Waals surface area (Å²) in [7, 11) is 1.61. The number of thiocarbonyl (C=S) groups is 1. The number of para-hydroxylation sites is 2. The van der Waals surface area contributed by atoms with Crippen molar-refractivity contribution in [3.63, 3.8) is 0 Å². The zero-order chi connectivity index (χ0) is 23.8. The van der Waals surface area contributed by atoms with Crippen LogP contribution in [0.1, 0.15) is 25.8 Å². The smallest absolute Gasteiger partial charge is 0.266 e. The molecule has 6 nitrogen and oxygen atoms in total. The first-order chi connectivity index (χ1) is 16.0. The average Bonchev–Trinajstić information content (AvgIpc) is 3.07. The summed E-state index contributed by atoms with van der Waals surface area (Å²) in [6.07, 6.45) is 2.41. The van der Waals surface area contributed by atoms with Crippen molar-refractivity contribution in [2.45, 2.75) is 20.3 Å². The largest absolute Gasteiger partial charge is 0.493 e. The molecule has 0 aliphatic carbocycles. The van der Waals surface area contributed by atoms with E-state index in [-0.39, 0.29) is 5.91 Å². The number of ether oxygens (including phenoxy) is 4. The van der Waals surface area contributed by atoms with Crippen LogP contribution in [0.15, 0.2) is 41.3 Å². The van der Waals surface area contributed by atoms with Gasteiger partial charge >= 0.3 is 0 Å². The summed E-state index contributed by atoms with van der Waals surface area (Å²) in [5, 5.41) is 0.406. The molecule has 2 aromatic carbocycles. The lowest BCUT2D eigenvalue weighted by Crippen LogP contribution is -2.27. The van der Waals surface area contributed by atoms with E-state index in [4.69, 9.17) is 42.8 Å². The van der Waals surface area contributed by atoms with Crippen molar-refractivity contribution < 1.29 is 23.7 Å². The third-order valence-electron chi connectivity index (χ3n) is 4.68. The Kier molecular flexibility index (Phi) is 9.29. The molecule has 0 saturated carbocycles. The third kappa shape index (κ3) is 6.34. The Hall–Kier alpha value is -2.42. The van der Waals surface area contributed by atoms with Gasteiger partial charge in [-0.1, -0.05) is 47.7 Å². The van der Waals surface area contributed by atoms with Gasteiger partial charge in [0.05, 0.1) is 36.9 Å². The minimum atomic E-state index is -0.100. The van der Waals surface area contributed by atoms with Crippen LogP contribution in [0.25, 0.3) is 6.08 Å². The molecule has 0 aromatic heterocycles. The molecule has 1 aliphatic rings. The number of hydrogen-bond acceptors (Lipinski definition) is 7. The summed E-state index contributed by atoms with van der Waals surface area (Å²) in [5.74, 6) is 2.26. The highest BCUT2D eigenvalue weighted by atomic mass is 35.5. The van der Waals surface area contributed by atoms with Gasteiger partial charge in [-0.25, -0.2) is 0 Å². The quantitative estimate of drug-likeness (QED) is 0.216. The maximum absolute atomic E-state index is 12.5. The van der Waals surface area contributed by atoms with E-state index in [9.17, 15) is 4.79 Å². The molecule has 1 fully saturated rings. The van der Waals surface area contributed by atoms with Crippen molar-refractivity contribution in [2.24, 2.45) is 0 Å². The zero-order valence-corrected chi connectivity index (χ0v) is 21.1. The molecule has 0 unspecified atom stereocenters. The summed E-state index contributed by atoms with van der Waals surface area (Å²) in [5.41, 5.74) is 0.743. The number of amides is 1. The molecule has 2 aromatic rings. The number of likely N-dealkylation sites (N-methyl/N-ethyl adjacent to an activating group) is 1. The van der Waals surface area contributed by atoms with Crippen molar-refractivity contribution >= 4 is 51.9 Å². The number of benzene rings is 2. The highest BCUT2D eigenvalue weighted by molar-refractivity contribution is 8.26. The van der Waals surface area contributed by atoms with Crippen LogP contribution in [0.4, 0.5) is 0 Å². The van der Waals surface area contributed by atoms with Crippen LogP contribution >= 0.6 is 35.6 Å². The number of nitrogens with zero attached hydrogens (tertiary/aromatic N) is 1. The Balaban J connectivity index is 1.66. The number of carbonyl (C=O) groups is 1. The highest BCUT2D eigenvalue weighted by Crippen LogP contribution is 2.39. The molecule has 1 heterocycles. The van der Waals surface area contributed by atoms with Crippen molar-refractivity contribution in [2.75, 3.05) is 33.5 Å². The van der Waals surface area contributed by atoms with Crippen LogP contribution in [-0.4, -0.2) is 48.6 Å². The van der Waals surface area contributed by atoms with Gasteiger partial charge in [0.15, 0.2) is 23.0 Å².